The zero-order chi connectivity index (χ0) is 18.1. The molecule has 5 nitrogen and oxygen atoms in total. The fourth-order valence-electron chi connectivity index (χ4n) is 3.02. The van der Waals surface area contributed by atoms with Crippen LogP contribution in [0.2, 0.25) is 0 Å². The molecule has 1 saturated heterocycles. The lowest BCUT2D eigenvalue weighted by atomic mass is 10.0. The van der Waals surface area contributed by atoms with Crippen molar-refractivity contribution >= 4 is 11.7 Å². The van der Waals surface area contributed by atoms with Gasteiger partial charge in [0.2, 0.25) is 0 Å². The summed E-state index contributed by atoms with van der Waals surface area (Å²) in [6.07, 6.45) is 1.04. The summed E-state index contributed by atoms with van der Waals surface area (Å²) in [6, 6.07) is 6.43. The van der Waals surface area contributed by atoms with Crippen LogP contribution in [0.3, 0.4) is 0 Å². The topological polar surface area (TPSA) is 56.7 Å². The molecular weight excluding hydrogens is 328 g/mol. The molecule has 2 unspecified atom stereocenters. The quantitative estimate of drug-likeness (QED) is 0.926. The molecule has 25 heavy (non-hydrogen) atoms. The molecule has 2 heterocycles. The van der Waals surface area contributed by atoms with Gasteiger partial charge in [-0.15, -0.1) is 0 Å². The van der Waals surface area contributed by atoms with Gasteiger partial charge in [-0.1, -0.05) is 6.07 Å². The van der Waals surface area contributed by atoms with Gasteiger partial charge in [-0.05, 0) is 36.2 Å². The number of halogens is 2. The van der Waals surface area contributed by atoms with Crippen LogP contribution >= 0.6 is 0 Å². The maximum atomic E-state index is 13.5. The number of aliphatic hydroxyl groups excluding tert-OH is 1. The minimum atomic E-state index is -0.969. The molecule has 1 N–H and O–H groups in total. The van der Waals surface area contributed by atoms with Crippen LogP contribution in [0.1, 0.15) is 28.4 Å². The Kier molecular flexibility index (Phi) is 4.67. The highest BCUT2D eigenvalue weighted by Gasteiger charge is 2.36. The number of aliphatic hydroxyl groups is 1. The summed E-state index contributed by atoms with van der Waals surface area (Å²) in [5.41, 5.74) is 0.842. The molecule has 3 rings (SSSR count). The van der Waals surface area contributed by atoms with Crippen molar-refractivity contribution in [1.29, 1.82) is 0 Å². The van der Waals surface area contributed by atoms with Crippen LogP contribution in [0.5, 0.6) is 0 Å². The molecule has 2 aromatic rings. The summed E-state index contributed by atoms with van der Waals surface area (Å²) < 4.78 is 26.7. The van der Waals surface area contributed by atoms with E-state index in [0.29, 0.717) is 11.1 Å². The minimum absolute atomic E-state index is 0.137. The SMILES string of the molecule is CN(C)c1ccc(C(=O)N2CC(O)CC2c2ccc(F)c(F)c2)cn1. The number of hydrogen-bond acceptors (Lipinski definition) is 4. The summed E-state index contributed by atoms with van der Waals surface area (Å²) >= 11 is 0. The van der Waals surface area contributed by atoms with Crippen molar-refractivity contribution in [2.45, 2.75) is 18.6 Å². The molecule has 0 bridgehead atoms. The lowest BCUT2D eigenvalue weighted by Crippen LogP contribution is -2.32. The number of rotatable bonds is 3. The number of pyridine rings is 1. The highest BCUT2D eigenvalue weighted by molar-refractivity contribution is 5.94. The third-order valence-electron chi connectivity index (χ3n) is 4.32. The first-order valence-electron chi connectivity index (χ1n) is 7.94. The average molecular weight is 347 g/mol. The van der Waals surface area contributed by atoms with Crippen LogP contribution in [0.4, 0.5) is 14.6 Å². The van der Waals surface area contributed by atoms with Crippen molar-refractivity contribution in [3.8, 4) is 0 Å². The van der Waals surface area contributed by atoms with E-state index in [0.717, 1.165) is 18.0 Å². The van der Waals surface area contributed by atoms with Crippen molar-refractivity contribution in [2.75, 3.05) is 25.5 Å². The number of carbonyl (C=O) groups is 1. The molecule has 7 heteroatoms. The van der Waals surface area contributed by atoms with Gasteiger partial charge in [-0.25, -0.2) is 13.8 Å². The number of nitrogens with zero attached hydrogens (tertiary/aromatic N) is 3. The van der Waals surface area contributed by atoms with E-state index in [9.17, 15) is 18.7 Å². The van der Waals surface area contributed by atoms with Gasteiger partial charge in [0.25, 0.3) is 5.91 Å². The molecule has 0 spiro atoms. The third-order valence-corrected chi connectivity index (χ3v) is 4.32. The molecule has 0 radical (unpaired) electrons. The van der Waals surface area contributed by atoms with Gasteiger partial charge in [0.1, 0.15) is 5.82 Å². The molecule has 1 aromatic carbocycles. The zero-order valence-corrected chi connectivity index (χ0v) is 14.0. The number of hydrogen-bond donors (Lipinski definition) is 1. The Hall–Kier alpha value is -2.54. The van der Waals surface area contributed by atoms with Crippen molar-refractivity contribution < 1.29 is 18.7 Å². The maximum Gasteiger partial charge on any atom is 0.256 e. The number of likely N-dealkylation sites (tertiary alicyclic amines) is 1. The molecule has 1 aliphatic rings. The van der Waals surface area contributed by atoms with Crippen molar-refractivity contribution in [3.05, 3.63) is 59.3 Å². The molecule has 1 aliphatic heterocycles. The van der Waals surface area contributed by atoms with Gasteiger partial charge >= 0.3 is 0 Å². The number of anilines is 1. The van der Waals surface area contributed by atoms with Gasteiger partial charge < -0.3 is 14.9 Å². The van der Waals surface area contributed by atoms with Crippen LogP contribution in [0.15, 0.2) is 36.5 Å². The van der Waals surface area contributed by atoms with Gasteiger partial charge in [0, 0.05) is 26.8 Å². The van der Waals surface area contributed by atoms with Crippen LogP contribution in [-0.2, 0) is 0 Å². The summed E-state index contributed by atoms with van der Waals surface area (Å²) in [5, 5.41) is 9.98. The molecule has 1 amide bonds. The second-order valence-corrected chi connectivity index (χ2v) is 6.34. The molecule has 2 atom stereocenters. The Balaban J connectivity index is 1.87. The summed E-state index contributed by atoms with van der Waals surface area (Å²) in [4.78, 5) is 20.3. The Morgan fingerprint density at radius 3 is 2.60 bits per heavy atom. The van der Waals surface area contributed by atoms with E-state index in [4.69, 9.17) is 0 Å². The van der Waals surface area contributed by atoms with E-state index < -0.39 is 23.8 Å². The zero-order valence-electron chi connectivity index (χ0n) is 14.0. The number of β-amino-alcohol motifs (C(OH)–C–C–N with tert-alkyl or cyclic N) is 1. The van der Waals surface area contributed by atoms with Crippen LogP contribution in [0.25, 0.3) is 0 Å². The minimum Gasteiger partial charge on any atom is -0.391 e. The fraction of sp³-hybridized carbons (Fsp3) is 0.333. The molecule has 1 fully saturated rings. The number of benzene rings is 1. The van der Waals surface area contributed by atoms with Gasteiger partial charge in [-0.2, -0.15) is 0 Å². The predicted molar refractivity (Wildman–Crippen MR) is 89.3 cm³/mol. The Morgan fingerprint density at radius 1 is 1.24 bits per heavy atom. The summed E-state index contributed by atoms with van der Waals surface area (Å²) in [6.45, 7) is 0.137. The van der Waals surface area contributed by atoms with Gasteiger partial charge in [-0.3, -0.25) is 4.79 Å². The summed E-state index contributed by atoms with van der Waals surface area (Å²) in [7, 11) is 3.69. The fourth-order valence-corrected chi connectivity index (χ4v) is 3.02. The van der Waals surface area contributed by atoms with Crippen LogP contribution in [-0.4, -0.2) is 47.6 Å². The number of aromatic nitrogens is 1. The summed E-state index contributed by atoms with van der Waals surface area (Å²) in [5.74, 6) is -1.49. The van der Waals surface area contributed by atoms with Crippen molar-refractivity contribution in [2.24, 2.45) is 0 Å². The maximum absolute atomic E-state index is 13.5. The normalized spacial score (nSPS) is 20.0. The van der Waals surface area contributed by atoms with E-state index >= 15 is 0 Å². The van der Waals surface area contributed by atoms with Crippen LogP contribution in [0, 0.1) is 11.6 Å². The highest BCUT2D eigenvalue weighted by Crippen LogP contribution is 2.34. The predicted octanol–water partition coefficient (Wildman–Crippen LogP) is 2.37. The largest absolute Gasteiger partial charge is 0.391 e. The second kappa shape index (κ2) is 6.76. The second-order valence-electron chi connectivity index (χ2n) is 6.34. The molecule has 132 valence electrons. The molecular formula is C18H19F2N3O2. The molecule has 1 aromatic heterocycles. The van der Waals surface area contributed by atoms with Crippen molar-refractivity contribution in [3.63, 3.8) is 0 Å². The smallest absolute Gasteiger partial charge is 0.256 e. The van der Waals surface area contributed by atoms with E-state index in [1.54, 1.807) is 12.1 Å². The van der Waals surface area contributed by atoms with E-state index in [1.165, 1.54) is 17.2 Å². The average Bonchev–Trinajstić information content (AvgIpc) is 2.98. The van der Waals surface area contributed by atoms with E-state index in [1.807, 2.05) is 19.0 Å². The third kappa shape index (κ3) is 3.46. The van der Waals surface area contributed by atoms with Crippen LogP contribution < -0.4 is 4.90 Å². The standard InChI is InChI=1S/C18H19F2N3O2/c1-22(2)17-6-4-12(9-21-17)18(25)23-10-13(24)8-16(23)11-3-5-14(19)15(20)7-11/h3-7,9,13,16,24H,8,10H2,1-2H3. The Bertz CT molecular complexity index is 780. The number of amides is 1. The van der Waals surface area contributed by atoms with E-state index in [-0.39, 0.29) is 18.9 Å². The van der Waals surface area contributed by atoms with Gasteiger partial charge in [0.15, 0.2) is 11.6 Å². The first kappa shape index (κ1) is 17.3. The van der Waals surface area contributed by atoms with E-state index in [2.05, 4.69) is 4.98 Å². The molecule has 0 aliphatic carbocycles. The first-order chi connectivity index (χ1) is 11.9. The lowest BCUT2D eigenvalue weighted by molar-refractivity contribution is 0.0715. The monoisotopic (exact) mass is 347 g/mol. The Morgan fingerprint density at radius 2 is 2.00 bits per heavy atom. The van der Waals surface area contributed by atoms with Gasteiger partial charge in [0.05, 0.1) is 17.7 Å². The lowest BCUT2D eigenvalue weighted by Gasteiger charge is -2.25. The first-order valence-corrected chi connectivity index (χ1v) is 7.94. The highest BCUT2D eigenvalue weighted by atomic mass is 19.2. The molecule has 0 saturated carbocycles. The Labute approximate surface area is 144 Å². The van der Waals surface area contributed by atoms with Crippen molar-refractivity contribution in [1.82, 2.24) is 9.88 Å². The number of carbonyl (C=O) groups excluding carboxylic acids is 1.